The fraction of sp³-hybridized carbons (Fsp3) is 0.875. The van der Waals surface area contributed by atoms with Crippen molar-refractivity contribution < 1.29 is 13.6 Å². The van der Waals surface area contributed by atoms with Gasteiger partial charge in [-0.05, 0) is 6.42 Å². The zero-order valence-electron chi connectivity index (χ0n) is 8.58. The van der Waals surface area contributed by atoms with Crippen LogP contribution in [-0.2, 0) is 4.79 Å². The number of rotatable bonds is 4. The van der Waals surface area contributed by atoms with Gasteiger partial charge in [-0.25, -0.2) is 8.78 Å². The Labute approximate surface area is 87.2 Å². The molecular weight excluding hydrogens is 205 g/mol. The first-order chi connectivity index (χ1) is 7.00. The van der Waals surface area contributed by atoms with Gasteiger partial charge in [-0.2, -0.15) is 4.91 Å². The average molecular weight is 218 g/mol. The predicted octanol–water partition coefficient (Wildman–Crippen LogP) is 1.10. The SMILES string of the molecule is CCCC(=O)N1CC(F)(F)CC1BN=O. The first kappa shape index (κ1) is 12.1. The highest BCUT2D eigenvalue weighted by molar-refractivity contribution is 6.35. The Morgan fingerprint density at radius 1 is 1.67 bits per heavy atom. The molecule has 0 saturated carbocycles. The van der Waals surface area contributed by atoms with Crippen molar-refractivity contribution in [2.75, 3.05) is 6.54 Å². The highest BCUT2D eigenvalue weighted by Crippen LogP contribution is 2.32. The summed E-state index contributed by atoms with van der Waals surface area (Å²) in [7, 11) is -0.245. The summed E-state index contributed by atoms with van der Waals surface area (Å²) in [4.78, 5) is 22.6. The highest BCUT2D eigenvalue weighted by Gasteiger charge is 2.47. The molecule has 15 heavy (non-hydrogen) atoms. The van der Waals surface area contributed by atoms with Crippen LogP contribution in [-0.4, -0.2) is 36.6 Å². The Bertz CT molecular complexity index is 263. The summed E-state index contributed by atoms with van der Waals surface area (Å²) in [6, 6.07) is 0. The maximum atomic E-state index is 13.0. The summed E-state index contributed by atoms with van der Waals surface area (Å²) in [5.74, 6) is -3.92. The van der Waals surface area contributed by atoms with Crippen molar-refractivity contribution in [1.29, 1.82) is 0 Å². The third-order valence-corrected chi connectivity index (χ3v) is 2.45. The Balaban J connectivity index is 2.67. The zero-order valence-corrected chi connectivity index (χ0v) is 8.58. The molecule has 0 aromatic heterocycles. The van der Waals surface area contributed by atoms with Crippen molar-refractivity contribution in [2.24, 2.45) is 5.09 Å². The topological polar surface area (TPSA) is 49.7 Å². The maximum absolute atomic E-state index is 13.0. The zero-order chi connectivity index (χ0) is 11.5. The predicted molar refractivity (Wildman–Crippen MR) is 52.9 cm³/mol. The van der Waals surface area contributed by atoms with Crippen molar-refractivity contribution >= 4 is 13.3 Å². The lowest BCUT2D eigenvalue weighted by molar-refractivity contribution is -0.132. The summed E-state index contributed by atoms with van der Waals surface area (Å²) < 4.78 is 26.1. The number of nitroso groups, excluding NO2 is 1. The Morgan fingerprint density at radius 2 is 2.33 bits per heavy atom. The van der Waals surface area contributed by atoms with Crippen LogP contribution in [0, 0.1) is 4.91 Å². The number of alkyl halides is 2. The van der Waals surface area contributed by atoms with Crippen LogP contribution in [0.4, 0.5) is 8.78 Å². The fourth-order valence-corrected chi connectivity index (χ4v) is 1.80. The van der Waals surface area contributed by atoms with Crippen molar-refractivity contribution in [3.8, 4) is 0 Å². The molecular formula is C8H13BF2N2O2. The Hall–Kier alpha value is -1.01. The van der Waals surface area contributed by atoms with Gasteiger partial charge in [0, 0.05) is 18.8 Å². The number of hydrogen-bond acceptors (Lipinski definition) is 3. The molecule has 0 spiro atoms. The van der Waals surface area contributed by atoms with Gasteiger partial charge >= 0.3 is 7.41 Å². The van der Waals surface area contributed by atoms with Crippen LogP contribution in [0.25, 0.3) is 0 Å². The molecule has 7 heteroatoms. The van der Waals surface area contributed by atoms with Crippen molar-refractivity contribution in [2.45, 2.75) is 38.0 Å². The van der Waals surface area contributed by atoms with E-state index >= 15 is 0 Å². The number of hydrogen-bond donors (Lipinski definition) is 0. The fourth-order valence-electron chi connectivity index (χ4n) is 1.80. The maximum Gasteiger partial charge on any atom is 0.343 e. The summed E-state index contributed by atoms with van der Waals surface area (Å²) in [6.07, 6.45) is 0.405. The first-order valence-corrected chi connectivity index (χ1v) is 4.96. The monoisotopic (exact) mass is 218 g/mol. The number of carbonyl (C=O) groups is 1. The van der Waals surface area contributed by atoms with E-state index in [2.05, 4.69) is 5.09 Å². The minimum atomic E-state index is -2.88. The molecule has 1 fully saturated rings. The number of carbonyl (C=O) groups excluding carboxylic acids is 1. The molecule has 1 rings (SSSR count). The van der Waals surface area contributed by atoms with E-state index < -0.39 is 24.8 Å². The van der Waals surface area contributed by atoms with E-state index in [1.807, 2.05) is 0 Å². The lowest BCUT2D eigenvalue weighted by atomic mass is 9.81. The van der Waals surface area contributed by atoms with Gasteiger partial charge in [-0.1, -0.05) is 6.92 Å². The highest BCUT2D eigenvalue weighted by atomic mass is 19.3. The van der Waals surface area contributed by atoms with Crippen molar-refractivity contribution in [3.63, 3.8) is 0 Å². The lowest BCUT2D eigenvalue weighted by Crippen LogP contribution is -2.38. The van der Waals surface area contributed by atoms with E-state index in [0.717, 1.165) is 4.90 Å². The van der Waals surface area contributed by atoms with Crippen molar-refractivity contribution in [1.82, 2.24) is 4.90 Å². The molecule has 0 aromatic carbocycles. The minimum Gasteiger partial charge on any atom is -0.339 e. The molecule has 0 N–H and O–H groups in total. The number of likely N-dealkylation sites (tertiary alicyclic amines) is 1. The molecule has 1 heterocycles. The largest absolute Gasteiger partial charge is 0.343 e. The summed E-state index contributed by atoms with van der Waals surface area (Å²) in [6.45, 7) is 1.23. The summed E-state index contributed by atoms with van der Waals surface area (Å²) >= 11 is 0. The van der Waals surface area contributed by atoms with Gasteiger partial charge in [0.15, 0.2) is 0 Å². The lowest BCUT2D eigenvalue weighted by Gasteiger charge is -2.20. The van der Waals surface area contributed by atoms with Gasteiger partial charge in [0.05, 0.1) is 6.54 Å². The number of halogens is 2. The molecule has 1 unspecified atom stereocenters. The van der Waals surface area contributed by atoms with Crippen LogP contribution in [0.1, 0.15) is 26.2 Å². The van der Waals surface area contributed by atoms with E-state index in [4.69, 9.17) is 0 Å². The molecule has 1 aliphatic rings. The molecule has 1 aliphatic heterocycles. The molecule has 0 bridgehead atoms. The molecule has 0 radical (unpaired) electrons. The van der Waals surface area contributed by atoms with Crippen LogP contribution in [0.15, 0.2) is 5.09 Å². The summed E-state index contributed by atoms with van der Waals surface area (Å²) in [5, 5.41) is 2.60. The van der Waals surface area contributed by atoms with Gasteiger partial charge in [-0.3, -0.25) is 4.79 Å². The third-order valence-electron chi connectivity index (χ3n) is 2.45. The molecule has 1 amide bonds. The second-order valence-corrected chi connectivity index (χ2v) is 3.80. The third kappa shape index (κ3) is 2.97. The van der Waals surface area contributed by atoms with Gasteiger partial charge in [-0.15, -0.1) is 5.09 Å². The Kier molecular flexibility index (Phi) is 3.76. The molecule has 4 nitrogen and oxygen atoms in total. The molecule has 84 valence electrons. The van der Waals surface area contributed by atoms with E-state index in [9.17, 15) is 18.5 Å². The second kappa shape index (κ2) is 4.68. The van der Waals surface area contributed by atoms with Crippen LogP contribution < -0.4 is 0 Å². The van der Waals surface area contributed by atoms with E-state index in [-0.39, 0.29) is 19.7 Å². The standard InChI is InChI=1S/C8H13BF2N2O2/c1-2-3-7(14)13-5-8(10,11)4-6(13)9-12-15/h6,9H,2-5H2,1H3. The smallest absolute Gasteiger partial charge is 0.339 e. The van der Waals surface area contributed by atoms with Crippen LogP contribution in [0.3, 0.4) is 0 Å². The molecule has 0 aliphatic carbocycles. The van der Waals surface area contributed by atoms with Crippen LogP contribution >= 0.6 is 0 Å². The van der Waals surface area contributed by atoms with Gasteiger partial charge < -0.3 is 4.90 Å². The van der Waals surface area contributed by atoms with E-state index in [0.29, 0.717) is 6.42 Å². The van der Waals surface area contributed by atoms with Crippen molar-refractivity contribution in [3.05, 3.63) is 4.91 Å². The molecule has 1 atom stereocenters. The molecule has 0 aromatic rings. The second-order valence-electron chi connectivity index (χ2n) is 3.80. The van der Waals surface area contributed by atoms with Gasteiger partial charge in [0.1, 0.15) is 0 Å². The molecule has 1 saturated heterocycles. The van der Waals surface area contributed by atoms with Crippen LogP contribution in [0.5, 0.6) is 0 Å². The average Bonchev–Trinajstić information content (AvgIpc) is 2.42. The van der Waals surface area contributed by atoms with Crippen LogP contribution in [0.2, 0.25) is 0 Å². The normalized spacial score (nSPS) is 23.9. The van der Waals surface area contributed by atoms with Gasteiger partial charge in [0.25, 0.3) is 5.92 Å². The first-order valence-electron chi connectivity index (χ1n) is 4.96. The summed E-state index contributed by atoms with van der Waals surface area (Å²) in [5.41, 5.74) is 0. The minimum absolute atomic E-state index is 0.242. The number of nitrogens with zero attached hydrogens (tertiary/aromatic N) is 2. The quantitative estimate of drug-likeness (QED) is 0.523. The van der Waals surface area contributed by atoms with E-state index in [1.54, 1.807) is 6.92 Å². The van der Waals surface area contributed by atoms with Gasteiger partial charge in [0.2, 0.25) is 5.91 Å². The Morgan fingerprint density at radius 3 is 2.87 bits per heavy atom. The number of amides is 1. The van der Waals surface area contributed by atoms with E-state index in [1.165, 1.54) is 0 Å².